The summed E-state index contributed by atoms with van der Waals surface area (Å²) in [4.78, 5) is 21.4. The fourth-order valence-electron chi connectivity index (χ4n) is 6.52. The molecule has 2 amide bonds. The third-order valence-electron chi connectivity index (χ3n) is 9.79. The number of urea groups is 1. The number of likely N-dealkylation sites (tertiary alicyclic amines) is 2. The summed E-state index contributed by atoms with van der Waals surface area (Å²) in [6.45, 7) is 4.46. The second-order valence-electron chi connectivity index (χ2n) is 12.9. The first-order valence-electron chi connectivity index (χ1n) is 14.6. The molecule has 8 nitrogen and oxygen atoms in total. The summed E-state index contributed by atoms with van der Waals surface area (Å²) in [6, 6.07) is -1.93. The SMILES string of the molecule is CC1(c2noc([C@@H]3C[C@@H]3F)n2)CCN(C(=O)N[C@@H]2[C@@H](N3CCC(NCC4(F)CC4)CC3)CCCC2(F)F)CC1. The van der Waals surface area contributed by atoms with Crippen LogP contribution in [0.3, 0.4) is 0 Å². The maximum absolute atomic E-state index is 15.2. The van der Waals surface area contributed by atoms with Gasteiger partial charge in [-0.2, -0.15) is 4.98 Å². The molecule has 1 aromatic heterocycles. The second-order valence-corrected chi connectivity index (χ2v) is 12.9. The minimum absolute atomic E-state index is 0.201. The van der Waals surface area contributed by atoms with Crippen LogP contribution in [0.4, 0.5) is 22.4 Å². The van der Waals surface area contributed by atoms with E-state index in [0.717, 1.165) is 12.8 Å². The van der Waals surface area contributed by atoms with Crippen molar-refractivity contribution in [3.05, 3.63) is 11.7 Å². The Kier molecular flexibility index (Phi) is 7.09. The first-order chi connectivity index (χ1) is 18.6. The van der Waals surface area contributed by atoms with Crippen molar-refractivity contribution in [1.82, 2.24) is 30.6 Å². The van der Waals surface area contributed by atoms with E-state index in [1.54, 1.807) is 4.90 Å². The van der Waals surface area contributed by atoms with Gasteiger partial charge < -0.3 is 20.1 Å². The van der Waals surface area contributed by atoms with Crippen LogP contribution in [-0.2, 0) is 5.41 Å². The number of hydrogen-bond donors (Lipinski definition) is 2. The van der Waals surface area contributed by atoms with Crippen molar-refractivity contribution < 1.29 is 26.9 Å². The van der Waals surface area contributed by atoms with Gasteiger partial charge in [0.1, 0.15) is 17.9 Å². The van der Waals surface area contributed by atoms with Crippen molar-refractivity contribution >= 4 is 6.03 Å². The van der Waals surface area contributed by atoms with Crippen LogP contribution in [0, 0.1) is 0 Å². The van der Waals surface area contributed by atoms with E-state index in [1.807, 2.05) is 6.92 Å². The van der Waals surface area contributed by atoms with E-state index in [0.29, 0.717) is 89.4 Å². The first-order valence-corrected chi connectivity index (χ1v) is 14.6. The van der Waals surface area contributed by atoms with Crippen molar-refractivity contribution in [1.29, 1.82) is 0 Å². The smallest absolute Gasteiger partial charge is 0.317 e. The largest absolute Gasteiger partial charge is 0.339 e. The Bertz CT molecular complexity index is 1040. The molecule has 39 heavy (non-hydrogen) atoms. The van der Waals surface area contributed by atoms with Crippen molar-refractivity contribution in [3.63, 3.8) is 0 Å². The van der Waals surface area contributed by atoms with Crippen LogP contribution in [0.15, 0.2) is 4.52 Å². The molecule has 1 aromatic rings. The van der Waals surface area contributed by atoms with Crippen LogP contribution in [0.25, 0.3) is 0 Å². The lowest BCUT2D eigenvalue weighted by Gasteiger charge is -2.47. The van der Waals surface area contributed by atoms with Crippen molar-refractivity contribution in [2.75, 3.05) is 32.7 Å². The molecule has 3 aliphatic carbocycles. The van der Waals surface area contributed by atoms with Gasteiger partial charge >= 0.3 is 6.03 Å². The monoisotopic (exact) mass is 556 g/mol. The molecule has 12 heteroatoms. The summed E-state index contributed by atoms with van der Waals surface area (Å²) < 4.78 is 63.1. The molecule has 0 radical (unpaired) electrons. The summed E-state index contributed by atoms with van der Waals surface area (Å²) in [6.07, 6.45) is 4.23. The Morgan fingerprint density at radius 3 is 2.38 bits per heavy atom. The molecule has 218 valence electrons. The van der Waals surface area contributed by atoms with Gasteiger partial charge in [-0.1, -0.05) is 12.1 Å². The zero-order valence-corrected chi connectivity index (χ0v) is 22.6. The quantitative estimate of drug-likeness (QED) is 0.493. The Morgan fingerprint density at radius 1 is 1.05 bits per heavy atom. The number of alkyl halides is 4. The molecule has 0 spiro atoms. The summed E-state index contributed by atoms with van der Waals surface area (Å²) in [5.74, 6) is -2.44. The fourth-order valence-corrected chi connectivity index (χ4v) is 6.52. The van der Waals surface area contributed by atoms with Crippen LogP contribution in [0.1, 0.15) is 88.8 Å². The Balaban J connectivity index is 1.03. The van der Waals surface area contributed by atoms with Crippen LogP contribution in [0.5, 0.6) is 0 Å². The molecular weight excluding hydrogens is 516 g/mol. The van der Waals surface area contributed by atoms with Crippen molar-refractivity contribution in [3.8, 4) is 0 Å². The summed E-state index contributed by atoms with van der Waals surface area (Å²) in [5.41, 5.74) is -1.47. The van der Waals surface area contributed by atoms with E-state index in [9.17, 15) is 13.6 Å². The highest BCUT2D eigenvalue weighted by molar-refractivity contribution is 5.75. The number of hydrogen-bond acceptors (Lipinski definition) is 6. The van der Waals surface area contributed by atoms with Gasteiger partial charge in [0, 0.05) is 43.6 Å². The molecule has 5 fully saturated rings. The second kappa shape index (κ2) is 10.2. The molecule has 4 atom stereocenters. The molecule has 0 aromatic carbocycles. The molecule has 2 N–H and O–H groups in total. The van der Waals surface area contributed by atoms with Crippen molar-refractivity contribution in [2.45, 2.75) is 118 Å². The van der Waals surface area contributed by atoms with Gasteiger partial charge in [0.25, 0.3) is 5.92 Å². The summed E-state index contributed by atoms with van der Waals surface area (Å²) in [5, 5.41) is 10.1. The normalized spacial score (nSPS) is 34.0. The number of carbonyl (C=O) groups is 1. The number of nitrogens with one attached hydrogen (secondary N) is 2. The lowest BCUT2D eigenvalue weighted by Crippen LogP contribution is -2.65. The van der Waals surface area contributed by atoms with Crippen LogP contribution in [-0.4, -0.2) is 94.6 Å². The van der Waals surface area contributed by atoms with E-state index in [2.05, 4.69) is 25.7 Å². The molecule has 2 aliphatic heterocycles. The molecule has 0 unspecified atom stereocenters. The Morgan fingerprint density at radius 2 is 1.74 bits per heavy atom. The van der Waals surface area contributed by atoms with Gasteiger partial charge in [-0.3, -0.25) is 4.90 Å². The third-order valence-corrected chi connectivity index (χ3v) is 9.79. The first kappa shape index (κ1) is 27.2. The number of piperidine rings is 2. The third kappa shape index (κ3) is 5.78. The maximum atomic E-state index is 15.2. The Hall–Kier alpha value is -1.95. The molecule has 3 heterocycles. The number of aromatic nitrogens is 2. The number of nitrogens with zero attached hydrogens (tertiary/aromatic N) is 4. The van der Waals surface area contributed by atoms with Gasteiger partial charge in [-0.25, -0.2) is 22.4 Å². The zero-order chi connectivity index (χ0) is 27.4. The van der Waals surface area contributed by atoms with Crippen molar-refractivity contribution in [2.24, 2.45) is 0 Å². The topological polar surface area (TPSA) is 86.5 Å². The van der Waals surface area contributed by atoms with E-state index in [-0.39, 0.29) is 18.4 Å². The Labute approximate surface area is 226 Å². The predicted octanol–water partition coefficient (Wildman–Crippen LogP) is 4.07. The standard InChI is InChI=1S/C27H40F4N6O2/c1-25(23-34-22(39-35-23)18-15-19(18)28)9-13-37(14-10-25)24(38)33-21-20(3-2-6-27(21,30)31)36-11-4-17(5-12-36)32-16-26(29)7-8-26/h17-21,32H,2-16H2,1H3,(H,33,38)/t18-,19+,20+,21-/m1/s1. The van der Waals surface area contributed by atoms with Crippen LogP contribution >= 0.6 is 0 Å². The highest BCUT2D eigenvalue weighted by Crippen LogP contribution is 2.44. The van der Waals surface area contributed by atoms with Crippen LogP contribution in [0.2, 0.25) is 0 Å². The fraction of sp³-hybridized carbons (Fsp3) is 0.889. The zero-order valence-electron chi connectivity index (χ0n) is 22.6. The van der Waals surface area contributed by atoms with Crippen LogP contribution < -0.4 is 10.6 Å². The average molecular weight is 557 g/mol. The molecule has 2 saturated heterocycles. The number of halogens is 4. The molecule has 6 rings (SSSR count). The van der Waals surface area contributed by atoms with E-state index < -0.39 is 41.3 Å². The minimum atomic E-state index is -2.98. The van der Waals surface area contributed by atoms with E-state index in [1.165, 1.54) is 0 Å². The van der Waals surface area contributed by atoms with Gasteiger partial charge in [-0.05, 0) is 70.9 Å². The number of carbonyl (C=O) groups excluding carboxylic acids is 1. The molecule has 3 saturated carbocycles. The maximum Gasteiger partial charge on any atom is 0.317 e. The predicted molar refractivity (Wildman–Crippen MR) is 135 cm³/mol. The summed E-state index contributed by atoms with van der Waals surface area (Å²) in [7, 11) is 0. The van der Waals surface area contributed by atoms with Gasteiger partial charge in [-0.15, -0.1) is 0 Å². The minimum Gasteiger partial charge on any atom is -0.339 e. The summed E-state index contributed by atoms with van der Waals surface area (Å²) >= 11 is 0. The molecular formula is C27H40F4N6O2. The van der Waals surface area contributed by atoms with Gasteiger partial charge in [0.2, 0.25) is 5.89 Å². The number of amides is 2. The highest BCUT2D eigenvalue weighted by atomic mass is 19.3. The van der Waals surface area contributed by atoms with Gasteiger partial charge in [0.05, 0.1) is 5.92 Å². The number of rotatable bonds is 7. The highest BCUT2D eigenvalue weighted by Gasteiger charge is 2.51. The lowest BCUT2D eigenvalue weighted by atomic mass is 9.79. The van der Waals surface area contributed by atoms with Gasteiger partial charge in [0.15, 0.2) is 5.82 Å². The average Bonchev–Trinajstić information content (AvgIpc) is 3.78. The van der Waals surface area contributed by atoms with E-state index >= 15 is 8.78 Å². The lowest BCUT2D eigenvalue weighted by molar-refractivity contribution is -0.0948. The molecule has 5 aliphatic rings. The molecule has 0 bridgehead atoms. The van der Waals surface area contributed by atoms with E-state index in [4.69, 9.17) is 4.52 Å².